The molecule has 1 N–H and O–H groups in total. The smallest absolute Gasteiger partial charge is 0.295 e. The van der Waals surface area contributed by atoms with E-state index in [0.29, 0.717) is 24.5 Å². The number of hydrogen-bond acceptors (Lipinski definition) is 6. The normalized spacial score (nSPS) is 20.6. The molecule has 0 radical (unpaired) electrons. The Balaban J connectivity index is 1.72. The number of ketones is 1. The van der Waals surface area contributed by atoms with Crippen LogP contribution in [0.4, 0.5) is 0 Å². The van der Waals surface area contributed by atoms with Crippen LogP contribution >= 0.6 is 0 Å². The summed E-state index contributed by atoms with van der Waals surface area (Å²) < 4.78 is 11.4. The number of Topliss-reactive ketones (excluding diaryl/α,β-unsaturated/α-hetero) is 1. The first-order valence-corrected chi connectivity index (χ1v) is 12.9. The lowest BCUT2D eigenvalue weighted by Crippen LogP contribution is -2.33. The van der Waals surface area contributed by atoms with E-state index in [0.717, 1.165) is 49.4 Å². The van der Waals surface area contributed by atoms with Gasteiger partial charge in [0.15, 0.2) is 0 Å². The molecule has 2 heterocycles. The van der Waals surface area contributed by atoms with Gasteiger partial charge in [0.1, 0.15) is 23.4 Å². The molecule has 0 saturated carbocycles. The summed E-state index contributed by atoms with van der Waals surface area (Å²) in [5.41, 5.74) is 2.39. The first kappa shape index (κ1) is 25.8. The SMILES string of the molecule is CCOc1ccc([C@@H]2/C(=C(\O)c3ccc4c(c3)C[C@H](C)O4)C(=O)C(=O)N2CCCN(CC)CC)cc1. The zero-order chi connectivity index (χ0) is 25.8. The van der Waals surface area contributed by atoms with Crippen LogP contribution in [0.1, 0.15) is 56.8 Å². The lowest BCUT2D eigenvalue weighted by Gasteiger charge is -2.27. The second-order valence-corrected chi connectivity index (χ2v) is 9.33. The minimum atomic E-state index is -0.666. The van der Waals surface area contributed by atoms with Crippen molar-refractivity contribution in [2.45, 2.75) is 52.7 Å². The minimum Gasteiger partial charge on any atom is -0.507 e. The largest absolute Gasteiger partial charge is 0.507 e. The van der Waals surface area contributed by atoms with Crippen LogP contribution in [0.25, 0.3) is 5.76 Å². The van der Waals surface area contributed by atoms with Crippen LogP contribution in [-0.4, -0.2) is 65.5 Å². The van der Waals surface area contributed by atoms with E-state index >= 15 is 0 Å². The molecule has 1 saturated heterocycles. The number of likely N-dealkylation sites (tertiary alicyclic amines) is 1. The van der Waals surface area contributed by atoms with Crippen LogP contribution in [0.15, 0.2) is 48.0 Å². The second kappa shape index (κ2) is 11.2. The molecule has 2 atom stereocenters. The first-order valence-electron chi connectivity index (χ1n) is 12.9. The van der Waals surface area contributed by atoms with Gasteiger partial charge in [0, 0.05) is 18.5 Å². The Morgan fingerprint density at radius 2 is 1.83 bits per heavy atom. The van der Waals surface area contributed by atoms with E-state index < -0.39 is 17.7 Å². The number of rotatable bonds is 10. The second-order valence-electron chi connectivity index (χ2n) is 9.33. The summed E-state index contributed by atoms with van der Waals surface area (Å²) in [7, 11) is 0. The monoisotopic (exact) mass is 492 g/mol. The predicted octanol–water partition coefficient (Wildman–Crippen LogP) is 4.56. The number of aliphatic hydroxyl groups is 1. The van der Waals surface area contributed by atoms with Crippen molar-refractivity contribution in [2.24, 2.45) is 0 Å². The number of hydrogen-bond donors (Lipinski definition) is 1. The third-order valence-electron chi connectivity index (χ3n) is 6.98. The number of nitrogens with zero attached hydrogens (tertiary/aromatic N) is 2. The van der Waals surface area contributed by atoms with Gasteiger partial charge in [0.05, 0.1) is 18.2 Å². The Labute approximate surface area is 213 Å². The molecule has 2 aliphatic heterocycles. The van der Waals surface area contributed by atoms with Crippen molar-refractivity contribution < 1.29 is 24.2 Å². The Morgan fingerprint density at radius 1 is 1.11 bits per heavy atom. The van der Waals surface area contributed by atoms with Crippen molar-refractivity contribution in [1.82, 2.24) is 9.80 Å². The van der Waals surface area contributed by atoms with Crippen molar-refractivity contribution >= 4 is 17.4 Å². The standard InChI is InChI=1S/C29H36N2O5/c1-5-30(6-2)15-8-16-31-26(20-9-12-23(13-10-20)35-7-3)25(28(33)29(31)34)27(32)21-11-14-24-22(18-21)17-19(4)36-24/h9-14,18-19,26,32H,5-8,15-17H2,1-4H3/b27-25+/t19-,26+/m0/s1. The average molecular weight is 493 g/mol. The Morgan fingerprint density at radius 3 is 2.50 bits per heavy atom. The van der Waals surface area contributed by atoms with Gasteiger partial charge in [-0.05, 0) is 81.4 Å². The number of amides is 1. The molecule has 0 aliphatic carbocycles. The molecule has 7 nitrogen and oxygen atoms in total. The van der Waals surface area contributed by atoms with E-state index in [4.69, 9.17) is 9.47 Å². The maximum Gasteiger partial charge on any atom is 0.295 e. The van der Waals surface area contributed by atoms with Gasteiger partial charge in [-0.15, -0.1) is 0 Å². The zero-order valence-electron chi connectivity index (χ0n) is 21.6. The molecule has 36 heavy (non-hydrogen) atoms. The summed E-state index contributed by atoms with van der Waals surface area (Å²) in [5.74, 6) is 0.125. The van der Waals surface area contributed by atoms with Crippen molar-refractivity contribution in [3.8, 4) is 11.5 Å². The summed E-state index contributed by atoms with van der Waals surface area (Å²) in [6.45, 7) is 11.8. The average Bonchev–Trinajstić information content (AvgIpc) is 3.37. The quantitative estimate of drug-likeness (QED) is 0.298. The first-order chi connectivity index (χ1) is 17.4. The van der Waals surface area contributed by atoms with Crippen molar-refractivity contribution in [2.75, 3.05) is 32.8 Å². The molecular weight excluding hydrogens is 456 g/mol. The minimum absolute atomic E-state index is 0.0673. The maximum atomic E-state index is 13.3. The topological polar surface area (TPSA) is 79.3 Å². The number of ether oxygens (including phenoxy) is 2. The van der Waals surface area contributed by atoms with Crippen LogP contribution in [0.2, 0.25) is 0 Å². The lowest BCUT2D eigenvalue weighted by atomic mass is 9.94. The highest BCUT2D eigenvalue weighted by Gasteiger charge is 2.46. The Hall–Kier alpha value is -3.32. The molecule has 2 aliphatic rings. The third-order valence-corrected chi connectivity index (χ3v) is 6.98. The van der Waals surface area contributed by atoms with Crippen molar-refractivity contribution in [1.29, 1.82) is 0 Å². The molecule has 7 heteroatoms. The van der Waals surface area contributed by atoms with Gasteiger partial charge < -0.3 is 24.4 Å². The number of fused-ring (bicyclic) bond motifs is 1. The van der Waals surface area contributed by atoms with Crippen LogP contribution in [0.3, 0.4) is 0 Å². The molecule has 1 amide bonds. The lowest BCUT2D eigenvalue weighted by molar-refractivity contribution is -0.140. The summed E-state index contributed by atoms with van der Waals surface area (Å²) in [5, 5.41) is 11.4. The van der Waals surface area contributed by atoms with Gasteiger partial charge in [0.2, 0.25) is 0 Å². The number of carbonyl (C=O) groups excluding carboxylic acids is 2. The summed E-state index contributed by atoms with van der Waals surface area (Å²) in [6, 6.07) is 12.2. The van der Waals surface area contributed by atoms with Crippen LogP contribution < -0.4 is 9.47 Å². The van der Waals surface area contributed by atoms with Gasteiger partial charge in [-0.3, -0.25) is 9.59 Å². The molecule has 0 aromatic heterocycles. The summed E-state index contributed by atoms with van der Waals surface area (Å²) in [4.78, 5) is 30.4. The highest BCUT2D eigenvalue weighted by molar-refractivity contribution is 6.46. The fourth-order valence-electron chi connectivity index (χ4n) is 5.10. The van der Waals surface area contributed by atoms with Gasteiger partial charge in [0.25, 0.3) is 11.7 Å². The molecule has 1 fully saturated rings. The van der Waals surface area contributed by atoms with Crippen LogP contribution in [0, 0.1) is 0 Å². The zero-order valence-corrected chi connectivity index (χ0v) is 21.6. The fourth-order valence-corrected chi connectivity index (χ4v) is 5.10. The maximum absolute atomic E-state index is 13.3. The molecule has 0 unspecified atom stereocenters. The van der Waals surface area contributed by atoms with E-state index in [1.807, 2.05) is 50.2 Å². The number of carbonyl (C=O) groups is 2. The fraction of sp³-hybridized carbons (Fsp3) is 0.448. The van der Waals surface area contributed by atoms with Gasteiger partial charge in [-0.25, -0.2) is 0 Å². The van der Waals surface area contributed by atoms with Gasteiger partial charge in [-0.2, -0.15) is 0 Å². The van der Waals surface area contributed by atoms with E-state index in [-0.39, 0.29) is 17.4 Å². The molecule has 2 aromatic carbocycles. The highest BCUT2D eigenvalue weighted by atomic mass is 16.5. The molecule has 2 aromatic rings. The van der Waals surface area contributed by atoms with Crippen molar-refractivity contribution in [3.63, 3.8) is 0 Å². The molecule has 0 spiro atoms. The molecule has 192 valence electrons. The van der Waals surface area contributed by atoms with E-state index in [2.05, 4.69) is 18.7 Å². The third kappa shape index (κ3) is 5.12. The Kier molecular flexibility index (Phi) is 7.99. The molecular formula is C29H36N2O5. The number of aliphatic hydroxyl groups excluding tert-OH is 1. The van der Waals surface area contributed by atoms with E-state index in [9.17, 15) is 14.7 Å². The summed E-state index contributed by atoms with van der Waals surface area (Å²) in [6.07, 6.45) is 1.53. The van der Waals surface area contributed by atoms with E-state index in [1.54, 1.807) is 11.0 Å². The summed E-state index contributed by atoms with van der Waals surface area (Å²) >= 11 is 0. The van der Waals surface area contributed by atoms with Crippen molar-refractivity contribution in [3.05, 3.63) is 64.7 Å². The van der Waals surface area contributed by atoms with Crippen LogP contribution in [-0.2, 0) is 16.0 Å². The Bertz CT molecular complexity index is 1140. The number of benzene rings is 2. The predicted molar refractivity (Wildman–Crippen MR) is 139 cm³/mol. The molecule has 0 bridgehead atoms. The van der Waals surface area contributed by atoms with Gasteiger partial charge >= 0.3 is 0 Å². The van der Waals surface area contributed by atoms with E-state index in [1.165, 1.54) is 0 Å². The highest BCUT2D eigenvalue weighted by Crippen LogP contribution is 2.41. The van der Waals surface area contributed by atoms with Crippen LogP contribution in [0.5, 0.6) is 11.5 Å². The molecule has 4 rings (SSSR count). The van der Waals surface area contributed by atoms with Gasteiger partial charge in [-0.1, -0.05) is 26.0 Å².